The van der Waals surface area contributed by atoms with Crippen molar-refractivity contribution in [3.05, 3.63) is 6.54 Å². The van der Waals surface area contributed by atoms with Crippen molar-refractivity contribution in [3.63, 3.8) is 0 Å². The van der Waals surface area contributed by atoms with E-state index in [9.17, 15) is 0 Å². The molecular weight excluding hydrogens is 98.1 g/mol. The second-order valence-corrected chi connectivity index (χ2v) is 2.36. The molecule has 0 aliphatic carbocycles. The molecule has 1 radical (unpaired) electrons. The molecule has 1 aliphatic rings. The summed E-state index contributed by atoms with van der Waals surface area (Å²) in [6.07, 6.45) is 3.97. The maximum atomic E-state index is 2.42. The van der Waals surface area contributed by atoms with Crippen LogP contribution in [0.3, 0.4) is 0 Å². The van der Waals surface area contributed by atoms with Crippen molar-refractivity contribution in [2.75, 3.05) is 13.1 Å². The minimum Gasteiger partial charge on any atom is -0.299 e. The van der Waals surface area contributed by atoms with Crippen LogP contribution in [0.1, 0.15) is 26.2 Å². The average Bonchev–Trinajstić information content (AvgIpc) is 2.19. The third-order valence-corrected chi connectivity index (χ3v) is 1.55. The molecule has 47 valence electrons. The van der Waals surface area contributed by atoms with Gasteiger partial charge in [-0.15, -0.1) is 0 Å². The molecule has 0 bridgehead atoms. The molecule has 1 saturated heterocycles. The second-order valence-electron chi connectivity index (χ2n) is 2.36. The molecule has 1 rings (SSSR count). The first-order chi connectivity index (χ1) is 3.93. The van der Waals surface area contributed by atoms with Crippen LogP contribution >= 0.6 is 0 Å². The van der Waals surface area contributed by atoms with Crippen molar-refractivity contribution >= 4 is 0 Å². The second kappa shape index (κ2) is 3.08. The lowest BCUT2D eigenvalue weighted by molar-refractivity contribution is 0.386. The Bertz CT molecular complexity index is 55.4. The Kier molecular flexibility index (Phi) is 2.34. The highest BCUT2D eigenvalue weighted by Crippen LogP contribution is 2.11. The molecule has 0 atom stereocenters. The minimum atomic E-state index is 1.26. The van der Waals surface area contributed by atoms with Gasteiger partial charge in [-0.25, -0.2) is 0 Å². The molecule has 1 aliphatic heterocycles. The van der Waals surface area contributed by atoms with Crippen molar-refractivity contribution in [2.24, 2.45) is 0 Å². The van der Waals surface area contributed by atoms with E-state index in [1.807, 2.05) is 0 Å². The van der Waals surface area contributed by atoms with Gasteiger partial charge in [0.1, 0.15) is 0 Å². The van der Waals surface area contributed by atoms with Gasteiger partial charge in [-0.05, 0) is 32.4 Å². The standard InChI is InChI=1S/C7H14N/c1-2-5-8-6-3-4-7-8/h6H,2-5,7H2,1H3. The predicted octanol–water partition coefficient (Wildman–Crippen LogP) is 1.65. The lowest BCUT2D eigenvalue weighted by Crippen LogP contribution is -2.15. The highest BCUT2D eigenvalue weighted by Gasteiger charge is 2.08. The summed E-state index contributed by atoms with van der Waals surface area (Å²) in [4.78, 5) is 2.42. The molecule has 1 heterocycles. The molecule has 0 amide bonds. The smallest absolute Gasteiger partial charge is 0.0252 e. The van der Waals surface area contributed by atoms with Gasteiger partial charge in [-0.1, -0.05) is 6.92 Å². The van der Waals surface area contributed by atoms with E-state index in [1.54, 1.807) is 0 Å². The maximum Gasteiger partial charge on any atom is 0.0252 e. The molecule has 0 aromatic rings. The third kappa shape index (κ3) is 1.48. The van der Waals surface area contributed by atoms with E-state index in [4.69, 9.17) is 0 Å². The van der Waals surface area contributed by atoms with Crippen LogP contribution in [0.25, 0.3) is 0 Å². The summed E-state index contributed by atoms with van der Waals surface area (Å²) >= 11 is 0. The van der Waals surface area contributed by atoms with Crippen LogP contribution in [0.4, 0.5) is 0 Å². The van der Waals surface area contributed by atoms with Gasteiger partial charge in [0.15, 0.2) is 0 Å². The van der Waals surface area contributed by atoms with Crippen molar-refractivity contribution in [3.8, 4) is 0 Å². The molecule has 1 fully saturated rings. The zero-order valence-electron chi connectivity index (χ0n) is 5.56. The highest BCUT2D eigenvalue weighted by molar-refractivity contribution is 4.75. The fourth-order valence-electron chi connectivity index (χ4n) is 1.15. The van der Waals surface area contributed by atoms with E-state index in [2.05, 4.69) is 18.4 Å². The van der Waals surface area contributed by atoms with E-state index in [-0.39, 0.29) is 0 Å². The molecule has 0 aromatic heterocycles. The van der Waals surface area contributed by atoms with E-state index in [0.717, 1.165) is 0 Å². The highest BCUT2D eigenvalue weighted by atomic mass is 15.1. The zero-order chi connectivity index (χ0) is 5.82. The fourth-order valence-corrected chi connectivity index (χ4v) is 1.15. The Labute approximate surface area is 51.7 Å². The van der Waals surface area contributed by atoms with Crippen LogP contribution in [-0.4, -0.2) is 18.0 Å². The monoisotopic (exact) mass is 112 g/mol. The summed E-state index contributed by atoms with van der Waals surface area (Å²) in [7, 11) is 0. The number of rotatable bonds is 2. The van der Waals surface area contributed by atoms with E-state index in [1.165, 1.54) is 32.4 Å². The molecule has 0 saturated carbocycles. The van der Waals surface area contributed by atoms with Crippen molar-refractivity contribution in [1.82, 2.24) is 4.90 Å². The summed E-state index contributed by atoms with van der Waals surface area (Å²) in [6, 6.07) is 0. The molecule has 8 heavy (non-hydrogen) atoms. The van der Waals surface area contributed by atoms with Gasteiger partial charge in [0.05, 0.1) is 0 Å². The van der Waals surface area contributed by atoms with Crippen molar-refractivity contribution in [2.45, 2.75) is 26.2 Å². The number of nitrogens with zero attached hydrogens (tertiary/aromatic N) is 1. The molecular formula is C7H14N. The predicted molar refractivity (Wildman–Crippen MR) is 35.4 cm³/mol. The average molecular weight is 112 g/mol. The SMILES string of the molecule is CCCN1[CH]CCC1. The number of likely N-dealkylation sites (tertiary alicyclic amines) is 1. The number of hydrogen-bond acceptors (Lipinski definition) is 1. The topological polar surface area (TPSA) is 3.24 Å². The third-order valence-electron chi connectivity index (χ3n) is 1.55. The first-order valence-electron chi connectivity index (χ1n) is 3.51. The van der Waals surface area contributed by atoms with Crippen LogP contribution in [0.5, 0.6) is 0 Å². The Balaban J connectivity index is 2.06. The normalized spacial score (nSPS) is 22.1. The molecule has 0 unspecified atom stereocenters. The van der Waals surface area contributed by atoms with E-state index in [0.29, 0.717) is 0 Å². The summed E-state index contributed by atoms with van der Waals surface area (Å²) in [5.41, 5.74) is 0. The van der Waals surface area contributed by atoms with Gasteiger partial charge >= 0.3 is 0 Å². The number of hydrogen-bond donors (Lipinski definition) is 0. The van der Waals surface area contributed by atoms with Gasteiger partial charge in [-0.3, -0.25) is 4.90 Å². The first-order valence-corrected chi connectivity index (χ1v) is 3.51. The maximum absolute atomic E-state index is 2.42. The van der Waals surface area contributed by atoms with Gasteiger partial charge in [0.25, 0.3) is 0 Å². The summed E-state index contributed by atoms with van der Waals surface area (Å²) in [6.45, 7) is 7.11. The van der Waals surface area contributed by atoms with Crippen LogP contribution < -0.4 is 0 Å². The summed E-state index contributed by atoms with van der Waals surface area (Å²) < 4.78 is 0. The van der Waals surface area contributed by atoms with Crippen LogP contribution in [-0.2, 0) is 0 Å². The molecule has 0 aromatic carbocycles. The van der Waals surface area contributed by atoms with Crippen molar-refractivity contribution in [1.29, 1.82) is 0 Å². The van der Waals surface area contributed by atoms with Gasteiger partial charge < -0.3 is 0 Å². The van der Waals surface area contributed by atoms with Gasteiger partial charge in [0, 0.05) is 6.54 Å². The first kappa shape index (κ1) is 6.09. The quantitative estimate of drug-likeness (QED) is 0.525. The van der Waals surface area contributed by atoms with E-state index >= 15 is 0 Å². The molecule has 1 nitrogen and oxygen atoms in total. The minimum absolute atomic E-state index is 1.26. The Morgan fingerprint density at radius 1 is 1.62 bits per heavy atom. The lowest BCUT2D eigenvalue weighted by atomic mass is 10.4. The Morgan fingerprint density at radius 2 is 2.50 bits per heavy atom. The molecule has 1 heteroatoms. The largest absolute Gasteiger partial charge is 0.299 e. The van der Waals surface area contributed by atoms with Crippen LogP contribution in [0, 0.1) is 6.54 Å². The van der Waals surface area contributed by atoms with Gasteiger partial charge in [0.2, 0.25) is 0 Å². The van der Waals surface area contributed by atoms with Crippen molar-refractivity contribution < 1.29 is 0 Å². The molecule has 0 spiro atoms. The van der Waals surface area contributed by atoms with E-state index < -0.39 is 0 Å². The molecule has 0 N–H and O–H groups in total. The fraction of sp³-hybridized carbons (Fsp3) is 0.857. The lowest BCUT2D eigenvalue weighted by Gasteiger charge is -2.10. The summed E-state index contributed by atoms with van der Waals surface area (Å²) in [5.74, 6) is 0. The Morgan fingerprint density at radius 3 is 3.00 bits per heavy atom. The van der Waals surface area contributed by atoms with Gasteiger partial charge in [-0.2, -0.15) is 0 Å². The summed E-state index contributed by atoms with van der Waals surface area (Å²) in [5, 5.41) is 0. The Hall–Kier alpha value is -0.0400. The van der Waals surface area contributed by atoms with Crippen LogP contribution in [0.2, 0.25) is 0 Å². The zero-order valence-corrected chi connectivity index (χ0v) is 5.56. The van der Waals surface area contributed by atoms with Crippen LogP contribution in [0.15, 0.2) is 0 Å².